The predicted molar refractivity (Wildman–Crippen MR) is 154 cm³/mol. The lowest BCUT2D eigenvalue weighted by Crippen LogP contribution is -2.57. The lowest BCUT2D eigenvalue weighted by molar-refractivity contribution is -0.133. The normalized spacial score (nSPS) is 23.0. The van der Waals surface area contributed by atoms with Crippen LogP contribution in [0.25, 0.3) is 11.1 Å². The summed E-state index contributed by atoms with van der Waals surface area (Å²) < 4.78 is 0. The third-order valence-electron chi connectivity index (χ3n) is 8.03. The van der Waals surface area contributed by atoms with E-state index in [2.05, 4.69) is 16.0 Å². The van der Waals surface area contributed by atoms with Crippen LogP contribution < -0.4 is 27.4 Å². The van der Waals surface area contributed by atoms with E-state index in [1.54, 1.807) is 24.3 Å². The fourth-order valence-electron chi connectivity index (χ4n) is 5.52. The second-order valence-corrected chi connectivity index (χ2v) is 11.3. The molecule has 3 atom stereocenters. The molecule has 1 fully saturated rings. The summed E-state index contributed by atoms with van der Waals surface area (Å²) in [7, 11) is 0. The molecule has 3 amide bonds. The van der Waals surface area contributed by atoms with Gasteiger partial charge < -0.3 is 42.7 Å². The summed E-state index contributed by atoms with van der Waals surface area (Å²) in [5.41, 5.74) is 13.1. The number of phenols is 2. The SMILES string of the molecule is NCCC[C@@H]1NC(=O)[C@@H](N)Cc2cc(ccc2O)-c2ccc(O)c(c2)C[C@@H](C(=O)NCC2(O)CCCCC2)NC1=O. The molecule has 2 aliphatic rings. The smallest absolute Gasteiger partial charge is 0.243 e. The number of phenolic OH excluding ortho intramolecular Hbond substituents is 2. The number of aromatic hydroxyl groups is 2. The lowest BCUT2D eigenvalue weighted by atomic mass is 9.85. The van der Waals surface area contributed by atoms with Gasteiger partial charge >= 0.3 is 0 Å². The molecule has 0 spiro atoms. The van der Waals surface area contributed by atoms with Gasteiger partial charge in [-0.3, -0.25) is 14.4 Å². The van der Waals surface area contributed by atoms with Crippen LogP contribution in [-0.4, -0.2) is 69.9 Å². The van der Waals surface area contributed by atoms with Crippen molar-refractivity contribution in [3.05, 3.63) is 47.5 Å². The largest absolute Gasteiger partial charge is 0.508 e. The van der Waals surface area contributed by atoms with Crippen molar-refractivity contribution in [1.82, 2.24) is 16.0 Å². The van der Waals surface area contributed by atoms with Crippen molar-refractivity contribution < 1.29 is 29.7 Å². The van der Waals surface area contributed by atoms with Crippen LogP contribution in [0, 0.1) is 0 Å². The molecule has 2 aromatic carbocycles. The number of carbonyl (C=O) groups is 3. The number of hydrogen-bond donors (Lipinski definition) is 8. The van der Waals surface area contributed by atoms with Gasteiger partial charge in [-0.2, -0.15) is 0 Å². The van der Waals surface area contributed by atoms with E-state index in [4.69, 9.17) is 11.5 Å². The van der Waals surface area contributed by atoms with Gasteiger partial charge in [-0.1, -0.05) is 31.4 Å². The number of carbonyl (C=O) groups excluding carboxylic acids is 3. The standard InChI is InChI=1S/C30H41N5O6/c31-12-4-5-23-29(40)35-24(28(39)33-17-30(41)10-2-1-3-11-30)16-21-14-19(7-9-26(21)37)18-6-8-25(36)20(13-18)15-22(32)27(38)34-23/h6-9,13-14,22-24,36-37,41H,1-5,10-12,15-17,31-32H2,(H,33,39)(H,34,38)(H,35,40)/t22-,23-,24-/m0/s1. The molecule has 0 aromatic heterocycles. The quantitative estimate of drug-likeness (QED) is 0.249. The third-order valence-corrected chi connectivity index (χ3v) is 8.03. The molecule has 0 saturated heterocycles. The Morgan fingerprint density at radius 3 is 2.15 bits per heavy atom. The first-order valence-electron chi connectivity index (χ1n) is 14.3. The van der Waals surface area contributed by atoms with Gasteiger partial charge in [-0.25, -0.2) is 0 Å². The van der Waals surface area contributed by atoms with Crippen LogP contribution in [0.5, 0.6) is 11.5 Å². The summed E-state index contributed by atoms with van der Waals surface area (Å²) in [5, 5.41) is 40.3. The Morgan fingerprint density at radius 1 is 0.927 bits per heavy atom. The molecule has 41 heavy (non-hydrogen) atoms. The number of benzene rings is 2. The van der Waals surface area contributed by atoms with E-state index in [1.807, 2.05) is 0 Å². The molecule has 11 heteroatoms. The maximum Gasteiger partial charge on any atom is 0.243 e. The fourth-order valence-corrected chi connectivity index (χ4v) is 5.52. The van der Waals surface area contributed by atoms with E-state index in [9.17, 15) is 29.7 Å². The minimum absolute atomic E-state index is 0.0194. The summed E-state index contributed by atoms with van der Waals surface area (Å²) in [6.45, 7) is 0.332. The van der Waals surface area contributed by atoms with Gasteiger partial charge in [-0.15, -0.1) is 0 Å². The molecule has 222 valence electrons. The Hall–Kier alpha value is -3.67. The highest BCUT2D eigenvalue weighted by Gasteiger charge is 2.33. The van der Waals surface area contributed by atoms with E-state index < -0.39 is 41.4 Å². The number of fused-ring (bicyclic) bond motifs is 5. The molecule has 1 heterocycles. The molecular formula is C30H41N5O6. The highest BCUT2D eigenvalue weighted by Crippen LogP contribution is 2.31. The number of hydrogen-bond acceptors (Lipinski definition) is 8. The fraction of sp³-hybridized carbons (Fsp3) is 0.500. The predicted octanol–water partition coefficient (Wildman–Crippen LogP) is 0.711. The van der Waals surface area contributed by atoms with E-state index in [-0.39, 0.29) is 43.9 Å². The molecular weight excluding hydrogens is 526 g/mol. The molecule has 1 aliphatic carbocycles. The van der Waals surface area contributed by atoms with Crippen molar-refractivity contribution in [3.8, 4) is 22.6 Å². The van der Waals surface area contributed by atoms with Gasteiger partial charge in [0.15, 0.2) is 0 Å². The van der Waals surface area contributed by atoms with E-state index in [0.29, 0.717) is 41.5 Å². The van der Waals surface area contributed by atoms with Crippen molar-refractivity contribution in [2.45, 2.75) is 81.5 Å². The van der Waals surface area contributed by atoms with Crippen molar-refractivity contribution in [3.63, 3.8) is 0 Å². The minimum Gasteiger partial charge on any atom is -0.508 e. The highest BCUT2D eigenvalue weighted by atomic mass is 16.3. The molecule has 0 unspecified atom stereocenters. The summed E-state index contributed by atoms with van der Waals surface area (Å²) in [5.74, 6) is -1.76. The average Bonchev–Trinajstić information content (AvgIpc) is 2.95. The summed E-state index contributed by atoms with van der Waals surface area (Å²) in [6, 6.07) is 6.71. The van der Waals surface area contributed by atoms with E-state index in [1.165, 1.54) is 12.1 Å². The molecule has 1 saturated carbocycles. The Kier molecular flexibility index (Phi) is 9.85. The Bertz CT molecular complexity index is 1260. The van der Waals surface area contributed by atoms with Crippen LogP contribution in [0.1, 0.15) is 56.1 Å². The molecule has 2 aromatic rings. The Labute approximate surface area is 239 Å². The van der Waals surface area contributed by atoms with Crippen LogP contribution >= 0.6 is 0 Å². The number of amides is 3. The topological polar surface area (TPSA) is 200 Å². The van der Waals surface area contributed by atoms with Crippen molar-refractivity contribution in [2.24, 2.45) is 11.5 Å². The summed E-state index contributed by atoms with van der Waals surface area (Å²) in [4.78, 5) is 40.0. The second kappa shape index (κ2) is 13.3. The monoisotopic (exact) mass is 567 g/mol. The van der Waals surface area contributed by atoms with Gasteiger partial charge in [-0.05, 0) is 78.7 Å². The van der Waals surface area contributed by atoms with Crippen LogP contribution in [0.4, 0.5) is 0 Å². The molecule has 4 rings (SSSR count). The number of nitrogens with two attached hydrogens (primary N) is 2. The minimum atomic E-state index is -1.11. The van der Waals surface area contributed by atoms with Gasteiger partial charge in [0.2, 0.25) is 17.7 Å². The first-order valence-corrected chi connectivity index (χ1v) is 14.3. The van der Waals surface area contributed by atoms with Gasteiger partial charge in [0.1, 0.15) is 23.6 Å². The molecule has 4 bridgehead atoms. The van der Waals surface area contributed by atoms with E-state index in [0.717, 1.165) is 19.3 Å². The molecule has 0 radical (unpaired) electrons. The zero-order valence-corrected chi connectivity index (χ0v) is 23.2. The van der Waals surface area contributed by atoms with Crippen LogP contribution in [-0.2, 0) is 27.2 Å². The number of aliphatic hydroxyl groups is 1. The Balaban J connectivity index is 1.70. The first kappa shape index (κ1) is 30.3. The first-order chi connectivity index (χ1) is 19.6. The zero-order chi connectivity index (χ0) is 29.6. The summed E-state index contributed by atoms with van der Waals surface area (Å²) in [6.07, 6.45) is 4.57. The van der Waals surface area contributed by atoms with Crippen molar-refractivity contribution in [1.29, 1.82) is 0 Å². The molecule has 1 aliphatic heterocycles. The maximum atomic E-state index is 13.5. The third kappa shape index (κ3) is 7.75. The average molecular weight is 568 g/mol. The van der Waals surface area contributed by atoms with Crippen molar-refractivity contribution in [2.75, 3.05) is 13.1 Å². The second-order valence-electron chi connectivity index (χ2n) is 11.3. The number of rotatable bonds is 6. The van der Waals surface area contributed by atoms with Crippen LogP contribution in [0.15, 0.2) is 36.4 Å². The maximum absolute atomic E-state index is 13.5. The van der Waals surface area contributed by atoms with E-state index >= 15 is 0 Å². The number of nitrogens with one attached hydrogen (secondary N) is 3. The Morgan fingerprint density at radius 2 is 1.54 bits per heavy atom. The lowest BCUT2D eigenvalue weighted by Gasteiger charge is -2.33. The molecule has 11 nitrogen and oxygen atoms in total. The van der Waals surface area contributed by atoms with Crippen molar-refractivity contribution >= 4 is 17.7 Å². The zero-order valence-electron chi connectivity index (χ0n) is 23.2. The van der Waals surface area contributed by atoms with Crippen LogP contribution in [0.3, 0.4) is 0 Å². The summed E-state index contributed by atoms with van der Waals surface area (Å²) >= 11 is 0. The van der Waals surface area contributed by atoms with Gasteiger partial charge in [0.25, 0.3) is 0 Å². The van der Waals surface area contributed by atoms with Gasteiger partial charge in [0.05, 0.1) is 11.6 Å². The van der Waals surface area contributed by atoms with Crippen LogP contribution in [0.2, 0.25) is 0 Å². The molecule has 10 N–H and O–H groups in total. The highest BCUT2D eigenvalue weighted by molar-refractivity contribution is 5.93. The van der Waals surface area contributed by atoms with Gasteiger partial charge in [0, 0.05) is 19.4 Å².